The zero-order chi connectivity index (χ0) is 15.5. The lowest BCUT2D eigenvalue weighted by molar-refractivity contribution is 0.0636. The lowest BCUT2D eigenvalue weighted by atomic mass is 10.1. The number of carbonyl (C=O) groups is 1. The average Bonchev–Trinajstić information content (AvgIpc) is 2.40. The molecule has 0 unspecified atom stereocenters. The maximum atomic E-state index is 11.8. The van der Waals surface area contributed by atoms with E-state index in [-0.39, 0.29) is 0 Å². The van der Waals surface area contributed by atoms with Crippen LogP contribution < -0.4 is 11.1 Å². The van der Waals surface area contributed by atoms with Crippen molar-refractivity contribution in [1.29, 1.82) is 0 Å². The molecule has 0 spiro atoms. The van der Waals surface area contributed by atoms with Crippen LogP contribution in [0, 0.1) is 0 Å². The van der Waals surface area contributed by atoms with E-state index < -0.39 is 11.7 Å². The zero-order valence-electron chi connectivity index (χ0n) is 12.3. The van der Waals surface area contributed by atoms with Crippen LogP contribution in [0.2, 0.25) is 0 Å². The van der Waals surface area contributed by atoms with E-state index in [1.807, 2.05) is 0 Å². The molecule has 0 aliphatic rings. The van der Waals surface area contributed by atoms with Crippen molar-refractivity contribution in [2.45, 2.75) is 26.4 Å². The highest BCUT2D eigenvalue weighted by Crippen LogP contribution is 2.26. The second-order valence-electron chi connectivity index (χ2n) is 5.50. The maximum absolute atomic E-state index is 11.8. The van der Waals surface area contributed by atoms with E-state index >= 15 is 0 Å². The Labute approximate surface area is 123 Å². The molecular formula is C15H18N4O2. The van der Waals surface area contributed by atoms with Crippen molar-refractivity contribution in [3.8, 4) is 11.4 Å². The molecule has 0 bridgehead atoms. The van der Waals surface area contributed by atoms with Gasteiger partial charge in [0, 0.05) is 29.3 Å². The van der Waals surface area contributed by atoms with Crippen LogP contribution in [0.3, 0.4) is 0 Å². The molecule has 0 aliphatic carbocycles. The van der Waals surface area contributed by atoms with Gasteiger partial charge < -0.3 is 10.5 Å². The molecule has 0 fully saturated rings. The molecule has 0 atom stereocenters. The highest BCUT2D eigenvalue weighted by Gasteiger charge is 2.16. The van der Waals surface area contributed by atoms with Crippen LogP contribution in [0.5, 0.6) is 0 Å². The third-order valence-corrected chi connectivity index (χ3v) is 2.51. The summed E-state index contributed by atoms with van der Waals surface area (Å²) in [6.07, 6.45) is 2.75. The van der Waals surface area contributed by atoms with Crippen LogP contribution in [0.25, 0.3) is 11.4 Å². The number of hydrogen-bond acceptors (Lipinski definition) is 5. The van der Waals surface area contributed by atoms with Crippen LogP contribution >= 0.6 is 0 Å². The summed E-state index contributed by atoms with van der Waals surface area (Å²) in [6, 6.07) is 6.83. The fourth-order valence-electron chi connectivity index (χ4n) is 1.69. The minimum absolute atomic E-state index is 0.503. The molecule has 21 heavy (non-hydrogen) atoms. The van der Waals surface area contributed by atoms with E-state index in [2.05, 4.69) is 15.3 Å². The average molecular weight is 286 g/mol. The number of nitrogens with one attached hydrogen (secondary N) is 1. The molecule has 3 N–H and O–H groups in total. The van der Waals surface area contributed by atoms with Gasteiger partial charge in [-0.2, -0.15) is 0 Å². The molecule has 6 nitrogen and oxygen atoms in total. The number of aromatic nitrogens is 2. The topological polar surface area (TPSA) is 90.1 Å². The van der Waals surface area contributed by atoms with E-state index in [1.165, 1.54) is 0 Å². The molecule has 1 aromatic carbocycles. The minimum atomic E-state index is -0.552. The molecule has 6 heteroatoms. The Morgan fingerprint density at radius 3 is 2.52 bits per heavy atom. The van der Waals surface area contributed by atoms with Crippen LogP contribution in [-0.4, -0.2) is 21.7 Å². The molecule has 0 aliphatic heterocycles. The summed E-state index contributed by atoms with van der Waals surface area (Å²) in [4.78, 5) is 20.1. The van der Waals surface area contributed by atoms with Crippen LogP contribution in [-0.2, 0) is 4.74 Å². The molecule has 0 saturated heterocycles. The summed E-state index contributed by atoms with van der Waals surface area (Å²) < 4.78 is 5.20. The number of ether oxygens (including phenoxy) is 1. The Balaban J connectivity index is 2.22. The van der Waals surface area contributed by atoms with Crippen LogP contribution in [0.4, 0.5) is 16.2 Å². The predicted octanol–water partition coefficient (Wildman–Crippen LogP) is 3.07. The van der Waals surface area contributed by atoms with E-state index in [4.69, 9.17) is 10.5 Å². The lowest BCUT2D eigenvalue weighted by Crippen LogP contribution is -2.27. The maximum Gasteiger partial charge on any atom is 0.412 e. The summed E-state index contributed by atoms with van der Waals surface area (Å²) >= 11 is 0. The number of hydrogen-bond donors (Lipinski definition) is 2. The molecule has 110 valence electrons. The minimum Gasteiger partial charge on any atom is -0.444 e. The van der Waals surface area contributed by atoms with Crippen molar-refractivity contribution in [3.05, 3.63) is 36.7 Å². The Kier molecular flexibility index (Phi) is 4.07. The van der Waals surface area contributed by atoms with Gasteiger partial charge in [-0.3, -0.25) is 5.32 Å². The molecule has 2 rings (SSSR count). The Bertz CT molecular complexity index is 636. The molecule has 2 aromatic rings. The fourth-order valence-corrected chi connectivity index (χ4v) is 1.69. The Morgan fingerprint density at radius 2 is 1.90 bits per heavy atom. The van der Waals surface area contributed by atoms with Gasteiger partial charge in [-0.25, -0.2) is 14.8 Å². The van der Waals surface area contributed by atoms with Gasteiger partial charge >= 0.3 is 6.09 Å². The number of rotatable bonds is 2. The number of anilines is 2. The van der Waals surface area contributed by atoms with Crippen molar-refractivity contribution < 1.29 is 9.53 Å². The molecule has 0 radical (unpaired) electrons. The van der Waals surface area contributed by atoms with Gasteiger partial charge in [0.1, 0.15) is 5.60 Å². The van der Waals surface area contributed by atoms with E-state index in [0.717, 1.165) is 0 Å². The van der Waals surface area contributed by atoms with Gasteiger partial charge in [-0.15, -0.1) is 0 Å². The normalized spacial score (nSPS) is 11.0. The number of nitrogens with two attached hydrogens (primary N) is 1. The van der Waals surface area contributed by atoms with Gasteiger partial charge in [0.2, 0.25) is 0 Å². The van der Waals surface area contributed by atoms with Crippen molar-refractivity contribution in [2.75, 3.05) is 11.1 Å². The summed E-state index contributed by atoms with van der Waals surface area (Å²) in [7, 11) is 0. The van der Waals surface area contributed by atoms with Gasteiger partial charge in [-0.1, -0.05) is 0 Å². The van der Waals surface area contributed by atoms with Crippen molar-refractivity contribution in [3.63, 3.8) is 0 Å². The van der Waals surface area contributed by atoms with Crippen molar-refractivity contribution >= 4 is 17.5 Å². The molecule has 1 amide bonds. The summed E-state index contributed by atoms with van der Waals surface area (Å²) in [5.74, 6) is 0.503. The SMILES string of the molecule is CC(C)(C)OC(=O)Nc1ccc(N)c(-c2ncccn2)c1. The number of carbonyl (C=O) groups excluding carboxylic acids is 1. The van der Waals surface area contributed by atoms with E-state index in [0.29, 0.717) is 22.8 Å². The smallest absolute Gasteiger partial charge is 0.412 e. The van der Waals surface area contributed by atoms with Crippen molar-refractivity contribution in [1.82, 2.24) is 9.97 Å². The standard InChI is InChI=1S/C15H18N4O2/c1-15(2,3)21-14(20)19-10-5-6-12(16)11(9-10)13-17-7-4-8-18-13/h4-9H,16H2,1-3H3,(H,19,20). The highest BCUT2D eigenvalue weighted by molar-refractivity contribution is 5.87. The first-order chi connectivity index (χ1) is 9.85. The third-order valence-electron chi connectivity index (χ3n) is 2.51. The lowest BCUT2D eigenvalue weighted by Gasteiger charge is -2.19. The summed E-state index contributed by atoms with van der Waals surface area (Å²) in [5.41, 5.74) is 7.14. The predicted molar refractivity (Wildman–Crippen MR) is 81.7 cm³/mol. The first kappa shape index (κ1) is 14.8. The zero-order valence-corrected chi connectivity index (χ0v) is 12.3. The second kappa shape index (κ2) is 5.78. The van der Waals surface area contributed by atoms with Crippen LogP contribution in [0.15, 0.2) is 36.7 Å². The Hall–Kier alpha value is -2.63. The monoisotopic (exact) mass is 286 g/mol. The Morgan fingerprint density at radius 1 is 1.24 bits per heavy atom. The van der Waals surface area contributed by atoms with E-state index in [1.54, 1.807) is 57.4 Å². The second-order valence-corrected chi connectivity index (χ2v) is 5.50. The van der Waals surface area contributed by atoms with Crippen LogP contribution in [0.1, 0.15) is 20.8 Å². The number of benzene rings is 1. The first-order valence-electron chi connectivity index (χ1n) is 6.52. The largest absolute Gasteiger partial charge is 0.444 e. The van der Waals surface area contributed by atoms with Gasteiger partial charge in [0.25, 0.3) is 0 Å². The first-order valence-corrected chi connectivity index (χ1v) is 6.52. The number of amides is 1. The van der Waals surface area contributed by atoms with E-state index in [9.17, 15) is 4.79 Å². The summed E-state index contributed by atoms with van der Waals surface area (Å²) in [5, 5.41) is 2.66. The number of nitrogen functional groups attached to an aromatic ring is 1. The molecule has 0 saturated carbocycles. The number of nitrogens with zero attached hydrogens (tertiary/aromatic N) is 2. The molecule has 1 aromatic heterocycles. The van der Waals surface area contributed by atoms with Gasteiger partial charge in [-0.05, 0) is 45.0 Å². The van der Waals surface area contributed by atoms with Crippen molar-refractivity contribution in [2.24, 2.45) is 0 Å². The highest BCUT2D eigenvalue weighted by atomic mass is 16.6. The molecule has 1 heterocycles. The third kappa shape index (κ3) is 4.17. The molecular weight excluding hydrogens is 268 g/mol. The summed E-state index contributed by atoms with van der Waals surface area (Å²) in [6.45, 7) is 5.41. The van der Waals surface area contributed by atoms with Gasteiger partial charge in [0.15, 0.2) is 5.82 Å². The quantitative estimate of drug-likeness (QED) is 0.828. The van der Waals surface area contributed by atoms with Gasteiger partial charge in [0.05, 0.1) is 0 Å². The fraction of sp³-hybridized carbons (Fsp3) is 0.267.